The standard InChI is InChI=1S/C16H20N4O/c1-19-9-15-13(12-3-2-4-14(17)16(12)19)7-18-20(15)8-11-5-6-21-10-11/h2-4,7,11H,5-6,8-10,17H2,1H3. The summed E-state index contributed by atoms with van der Waals surface area (Å²) in [5.41, 5.74) is 11.8. The van der Waals surface area contributed by atoms with Gasteiger partial charge in [0.25, 0.3) is 0 Å². The van der Waals surface area contributed by atoms with E-state index in [9.17, 15) is 0 Å². The molecule has 1 unspecified atom stereocenters. The van der Waals surface area contributed by atoms with E-state index in [1.54, 1.807) is 0 Å². The van der Waals surface area contributed by atoms with Gasteiger partial charge in [0.05, 0.1) is 36.4 Å². The summed E-state index contributed by atoms with van der Waals surface area (Å²) in [4.78, 5) is 2.22. The van der Waals surface area contributed by atoms with Crippen molar-refractivity contribution in [2.24, 2.45) is 5.92 Å². The van der Waals surface area contributed by atoms with Crippen LogP contribution in [-0.4, -0.2) is 30.0 Å². The van der Waals surface area contributed by atoms with Gasteiger partial charge < -0.3 is 15.4 Å². The lowest BCUT2D eigenvalue weighted by Gasteiger charge is -2.29. The smallest absolute Gasteiger partial charge is 0.0681 e. The molecule has 0 amide bonds. The third-order valence-electron chi connectivity index (χ3n) is 4.53. The minimum atomic E-state index is 0.585. The Labute approximate surface area is 124 Å². The summed E-state index contributed by atoms with van der Waals surface area (Å²) in [5.74, 6) is 0.585. The molecule has 1 aromatic heterocycles. The number of ether oxygens (including phenoxy) is 1. The highest BCUT2D eigenvalue weighted by Crippen LogP contribution is 2.41. The molecule has 1 atom stereocenters. The molecule has 1 fully saturated rings. The fraction of sp³-hybridized carbons (Fsp3) is 0.438. The van der Waals surface area contributed by atoms with E-state index in [1.807, 2.05) is 18.3 Å². The van der Waals surface area contributed by atoms with Gasteiger partial charge in [0, 0.05) is 37.2 Å². The highest BCUT2D eigenvalue weighted by atomic mass is 16.5. The van der Waals surface area contributed by atoms with Crippen LogP contribution in [0.2, 0.25) is 0 Å². The van der Waals surface area contributed by atoms with Crippen molar-refractivity contribution in [1.82, 2.24) is 9.78 Å². The highest BCUT2D eigenvalue weighted by Gasteiger charge is 2.26. The predicted molar refractivity (Wildman–Crippen MR) is 83.1 cm³/mol. The first-order chi connectivity index (χ1) is 10.2. The predicted octanol–water partition coefficient (Wildman–Crippen LogP) is 2.12. The van der Waals surface area contributed by atoms with Crippen LogP contribution in [0.3, 0.4) is 0 Å². The molecule has 5 nitrogen and oxygen atoms in total. The first-order valence-corrected chi connectivity index (χ1v) is 7.46. The number of benzene rings is 1. The molecule has 2 aliphatic rings. The van der Waals surface area contributed by atoms with E-state index in [2.05, 4.69) is 27.8 Å². The maximum atomic E-state index is 6.14. The number of nitrogens with zero attached hydrogens (tertiary/aromatic N) is 3. The summed E-state index contributed by atoms with van der Waals surface area (Å²) in [5, 5.41) is 4.62. The Morgan fingerprint density at radius 3 is 3.10 bits per heavy atom. The molecule has 2 aromatic rings. The van der Waals surface area contributed by atoms with Crippen molar-refractivity contribution in [2.45, 2.75) is 19.5 Å². The van der Waals surface area contributed by atoms with Crippen LogP contribution in [-0.2, 0) is 17.8 Å². The van der Waals surface area contributed by atoms with Crippen molar-refractivity contribution in [2.75, 3.05) is 30.9 Å². The second-order valence-corrected chi connectivity index (χ2v) is 6.02. The third kappa shape index (κ3) is 2.00. The van der Waals surface area contributed by atoms with Gasteiger partial charge in [0.2, 0.25) is 0 Å². The molecule has 110 valence electrons. The third-order valence-corrected chi connectivity index (χ3v) is 4.53. The SMILES string of the molecule is CN1Cc2c(cnn2CC2CCOC2)-c2cccc(N)c21. The average molecular weight is 284 g/mol. The summed E-state index contributed by atoms with van der Waals surface area (Å²) in [6.07, 6.45) is 3.12. The minimum Gasteiger partial charge on any atom is -0.397 e. The topological polar surface area (TPSA) is 56.3 Å². The van der Waals surface area contributed by atoms with Gasteiger partial charge in [0.15, 0.2) is 0 Å². The van der Waals surface area contributed by atoms with E-state index < -0.39 is 0 Å². The first-order valence-electron chi connectivity index (χ1n) is 7.46. The Hall–Kier alpha value is -2.01. The van der Waals surface area contributed by atoms with E-state index in [0.29, 0.717) is 5.92 Å². The second-order valence-electron chi connectivity index (χ2n) is 6.02. The summed E-state index contributed by atoms with van der Waals surface area (Å²) in [7, 11) is 2.09. The number of para-hydroxylation sites is 1. The number of rotatable bonds is 2. The van der Waals surface area contributed by atoms with Crippen molar-refractivity contribution in [3.8, 4) is 11.1 Å². The minimum absolute atomic E-state index is 0.585. The Balaban J connectivity index is 1.75. The number of fused-ring (bicyclic) bond motifs is 3. The molecule has 0 aliphatic carbocycles. The summed E-state index contributed by atoms with van der Waals surface area (Å²) < 4.78 is 7.63. The van der Waals surface area contributed by atoms with Crippen molar-refractivity contribution < 1.29 is 4.74 Å². The lowest BCUT2D eigenvalue weighted by atomic mass is 9.98. The highest BCUT2D eigenvalue weighted by molar-refractivity contribution is 5.89. The molecule has 2 aliphatic heterocycles. The molecule has 0 radical (unpaired) electrons. The summed E-state index contributed by atoms with van der Waals surface area (Å²) in [6, 6.07) is 6.10. The maximum Gasteiger partial charge on any atom is 0.0681 e. The fourth-order valence-corrected chi connectivity index (χ4v) is 3.44. The lowest BCUT2D eigenvalue weighted by Crippen LogP contribution is -2.25. The van der Waals surface area contributed by atoms with Gasteiger partial charge >= 0.3 is 0 Å². The Kier molecular flexibility index (Phi) is 2.89. The van der Waals surface area contributed by atoms with Gasteiger partial charge in [-0.3, -0.25) is 4.68 Å². The zero-order chi connectivity index (χ0) is 14.4. The number of hydrogen-bond donors (Lipinski definition) is 1. The van der Waals surface area contributed by atoms with Crippen molar-refractivity contribution in [3.63, 3.8) is 0 Å². The van der Waals surface area contributed by atoms with E-state index in [-0.39, 0.29) is 0 Å². The van der Waals surface area contributed by atoms with Crippen LogP contribution in [0.15, 0.2) is 24.4 Å². The van der Waals surface area contributed by atoms with Gasteiger partial charge in [-0.15, -0.1) is 0 Å². The Morgan fingerprint density at radius 1 is 1.38 bits per heavy atom. The maximum absolute atomic E-state index is 6.14. The van der Waals surface area contributed by atoms with Gasteiger partial charge in [-0.1, -0.05) is 12.1 Å². The van der Waals surface area contributed by atoms with Crippen LogP contribution in [0.4, 0.5) is 11.4 Å². The first kappa shape index (κ1) is 12.7. The van der Waals surface area contributed by atoms with E-state index in [4.69, 9.17) is 10.5 Å². The quantitative estimate of drug-likeness (QED) is 0.858. The number of aromatic nitrogens is 2. The molecule has 0 saturated carbocycles. The number of hydrogen-bond acceptors (Lipinski definition) is 4. The molecular formula is C16H20N4O. The average Bonchev–Trinajstić information content (AvgIpc) is 3.10. The number of anilines is 2. The largest absolute Gasteiger partial charge is 0.397 e. The van der Waals surface area contributed by atoms with Crippen LogP contribution in [0, 0.1) is 5.92 Å². The molecular weight excluding hydrogens is 264 g/mol. The molecule has 2 N–H and O–H groups in total. The molecule has 21 heavy (non-hydrogen) atoms. The van der Waals surface area contributed by atoms with Gasteiger partial charge in [0.1, 0.15) is 0 Å². The van der Waals surface area contributed by atoms with Crippen molar-refractivity contribution >= 4 is 11.4 Å². The van der Waals surface area contributed by atoms with E-state index >= 15 is 0 Å². The van der Waals surface area contributed by atoms with Gasteiger partial charge in [-0.05, 0) is 12.5 Å². The molecule has 4 rings (SSSR count). The second kappa shape index (κ2) is 4.77. The van der Waals surface area contributed by atoms with Crippen LogP contribution in [0.25, 0.3) is 11.1 Å². The van der Waals surface area contributed by atoms with Gasteiger partial charge in [-0.25, -0.2) is 0 Å². The summed E-state index contributed by atoms with van der Waals surface area (Å²) >= 11 is 0. The Bertz CT molecular complexity index is 673. The van der Waals surface area contributed by atoms with Crippen LogP contribution in [0.5, 0.6) is 0 Å². The normalized spacial score (nSPS) is 20.4. The zero-order valence-electron chi connectivity index (χ0n) is 12.2. The monoisotopic (exact) mass is 284 g/mol. The number of nitrogens with two attached hydrogens (primary N) is 1. The van der Waals surface area contributed by atoms with Crippen LogP contribution >= 0.6 is 0 Å². The van der Waals surface area contributed by atoms with Crippen molar-refractivity contribution in [1.29, 1.82) is 0 Å². The molecule has 3 heterocycles. The molecule has 1 saturated heterocycles. The van der Waals surface area contributed by atoms with Crippen molar-refractivity contribution in [3.05, 3.63) is 30.1 Å². The lowest BCUT2D eigenvalue weighted by molar-refractivity contribution is 0.181. The number of nitrogen functional groups attached to an aromatic ring is 1. The molecule has 0 spiro atoms. The van der Waals surface area contributed by atoms with Crippen LogP contribution in [0.1, 0.15) is 12.1 Å². The van der Waals surface area contributed by atoms with E-state index in [0.717, 1.165) is 44.1 Å². The van der Waals surface area contributed by atoms with Gasteiger partial charge in [-0.2, -0.15) is 5.10 Å². The molecule has 1 aromatic carbocycles. The Morgan fingerprint density at radius 2 is 2.29 bits per heavy atom. The fourth-order valence-electron chi connectivity index (χ4n) is 3.44. The molecule has 5 heteroatoms. The zero-order valence-corrected chi connectivity index (χ0v) is 12.2. The van der Waals surface area contributed by atoms with Crippen LogP contribution < -0.4 is 10.6 Å². The summed E-state index contributed by atoms with van der Waals surface area (Å²) in [6.45, 7) is 3.53. The van der Waals surface area contributed by atoms with E-state index in [1.165, 1.54) is 16.8 Å². The molecule has 0 bridgehead atoms.